The molecular formula is C9H17N3O. The monoisotopic (exact) mass is 183 g/mol. The smallest absolute Gasteiger partial charge is 0.229 e. The molecule has 0 amide bonds. The Labute approximate surface area is 78.7 Å². The zero-order valence-electron chi connectivity index (χ0n) is 8.50. The van der Waals surface area contributed by atoms with Crippen LogP contribution in [0.2, 0.25) is 0 Å². The lowest BCUT2D eigenvalue weighted by Gasteiger charge is -1.98. The zero-order valence-corrected chi connectivity index (χ0v) is 8.50. The van der Waals surface area contributed by atoms with Crippen molar-refractivity contribution in [2.75, 3.05) is 6.54 Å². The van der Waals surface area contributed by atoms with Crippen molar-refractivity contribution in [1.29, 1.82) is 0 Å². The molecule has 1 N–H and O–H groups in total. The number of nitrogens with zero attached hydrogens (tertiary/aromatic N) is 2. The van der Waals surface area contributed by atoms with Gasteiger partial charge in [-0.2, -0.15) is 4.98 Å². The van der Waals surface area contributed by atoms with Gasteiger partial charge in [0, 0.05) is 5.92 Å². The molecule has 1 aromatic heterocycles. The van der Waals surface area contributed by atoms with E-state index in [2.05, 4.69) is 36.2 Å². The van der Waals surface area contributed by atoms with Gasteiger partial charge in [-0.05, 0) is 13.0 Å². The van der Waals surface area contributed by atoms with Crippen molar-refractivity contribution in [2.45, 2.75) is 39.7 Å². The van der Waals surface area contributed by atoms with Gasteiger partial charge in [0.1, 0.15) is 0 Å². The van der Waals surface area contributed by atoms with Crippen molar-refractivity contribution >= 4 is 0 Å². The molecule has 74 valence electrons. The van der Waals surface area contributed by atoms with E-state index in [1.165, 1.54) is 0 Å². The summed E-state index contributed by atoms with van der Waals surface area (Å²) in [5.74, 6) is 1.86. The fourth-order valence-electron chi connectivity index (χ4n) is 0.951. The number of hydrogen-bond acceptors (Lipinski definition) is 4. The maximum Gasteiger partial charge on any atom is 0.229 e. The van der Waals surface area contributed by atoms with Crippen molar-refractivity contribution in [3.05, 3.63) is 11.7 Å². The van der Waals surface area contributed by atoms with E-state index < -0.39 is 0 Å². The van der Waals surface area contributed by atoms with Crippen molar-refractivity contribution < 1.29 is 4.52 Å². The molecule has 0 aliphatic rings. The van der Waals surface area contributed by atoms with Gasteiger partial charge in [0.05, 0.1) is 6.54 Å². The lowest BCUT2D eigenvalue weighted by Crippen LogP contribution is -2.12. The summed E-state index contributed by atoms with van der Waals surface area (Å²) < 4.78 is 5.11. The molecule has 1 aromatic rings. The molecule has 1 unspecified atom stereocenters. The Kier molecular flexibility index (Phi) is 3.89. The van der Waals surface area contributed by atoms with Gasteiger partial charge in [0.2, 0.25) is 5.89 Å². The summed E-state index contributed by atoms with van der Waals surface area (Å²) in [5, 5.41) is 7.02. The predicted octanol–water partition coefficient (Wildman–Crippen LogP) is 1.69. The van der Waals surface area contributed by atoms with Crippen LogP contribution in [0, 0.1) is 0 Å². The standard InChI is InChI=1S/C9H17N3O/c1-4-7(3)9-11-8(12-13-9)6-10-5-2/h7,10H,4-6H2,1-3H3. The second-order valence-electron chi connectivity index (χ2n) is 3.14. The predicted molar refractivity (Wildman–Crippen MR) is 50.4 cm³/mol. The number of nitrogens with one attached hydrogen (secondary N) is 1. The number of aromatic nitrogens is 2. The zero-order chi connectivity index (χ0) is 9.68. The van der Waals surface area contributed by atoms with Crippen LogP contribution in [0.5, 0.6) is 0 Å². The lowest BCUT2D eigenvalue weighted by atomic mass is 10.1. The van der Waals surface area contributed by atoms with Crippen molar-refractivity contribution in [3.63, 3.8) is 0 Å². The Bertz CT molecular complexity index is 247. The maximum atomic E-state index is 5.11. The van der Waals surface area contributed by atoms with Crippen molar-refractivity contribution in [1.82, 2.24) is 15.5 Å². The van der Waals surface area contributed by atoms with Crippen molar-refractivity contribution in [3.8, 4) is 0 Å². The minimum absolute atomic E-state index is 0.364. The van der Waals surface area contributed by atoms with Crippen LogP contribution in [0.4, 0.5) is 0 Å². The third-order valence-electron chi connectivity index (χ3n) is 2.05. The fourth-order valence-corrected chi connectivity index (χ4v) is 0.951. The summed E-state index contributed by atoms with van der Waals surface area (Å²) >= 11 is 0. The minimum Gasteiger partial charge on any atom is -0.339 e. The summed E-state index contributed by atoms with van der Waals surface area (Å²) in [6.07, 6.45) is 1.03. The second-order valence-corrected chi connectivity index (χ2v) is 3.14. The largest absolute Gasteiger partial charge is 0.339 e. The normalized spacial score (nSPS) is 13.2. The molecule has 0 saturated heterocycles. The van der Waals surface area contributed by atoms with E-state index in [0.717, 1.165) is 24.7 Å². The molecule has 4 heteroatoms. The van der Waals surface area contributed by atoms with Gasteiger partial charge in [-0.15, -0.1) is 0 Å². The van der Waals surface area contributed by atoms with Gasteiger partial charge in [0.25, 0.3) is 0 Å². The summed E-state index contributed by atoms with van der Waals surface area (Å²) in [5.41, 5.74) is 0. The summed E-state index contributed by atoms with van der Waals surface area (Å²) in [6, 6.07) is 0. The Hall–Kier alpha value is -0.900. The first-order valence-corrected chi connectivity index (χ1v) is 4.81. The van der Waals surface area contributed by atoms with E-state index in [-0.39, 0.29) is 0 Å². The molecular weight excluding hydrogens is 166 g/mol. The van der Waals surface area contributed by atoms with E-state index in [1.807, 2.05) is 0 Å². The van der Waals surface area contributed by atoms with Gasteiger partial charge in [0.15, 0.2) is 5.82 Å². The SMILES string of the molecule is CCNCc1noc(C(C)CC)n1. The van der Waals surface area contributed by atoms with Crippen LogP contribution in [0.15, 0.2) is 4.52 Å². The van der Waals surface area contributed by atoms with Gasteiger partial charge in [-0.1, -0.05) is 25.9 Å². The summed E-state index contributed by atoms with van der Waals surface area (Å²) in [7, 11) is 0. The highest BCUT2D eigenvalue weighted by molar-refractivity contribution is 4.91. The highest BCUT2D eigenvalue weighted by Crippen LogP contribution is 2.15. The van der Waals surface area contributed by atoms with E-state index in [1.54, 1.807) is 0 Å². The molecule has 1 rings (SSSR count). The van der Waals surface area contributed by atoms with Gasteiger partial charge < -0.3 is 9.84 Å². The fraction of sp³-hybridized carbons (Fsp3) is 0.778. The van der Waals surface area contributed by atoms with E-state index in [0.29, 0.717) is 12.5 Å². The van der Waals surface area contributed by atoms with E-state index in [4.69, 9.17) is 4.52 Å². The molecule has 1 atom stereocenters. The van der Waals surface area contributed by atoms with Crippen LogP contribution in [-0.2, 0) is 6.54 Å². The average Bonchev–Trinajstić information content (AvgIpc) is 2.62. The maximum absolute atomic E-state index is 5.11. The first-order chi connectivity index (χ1) is 6.27. The first-order valence-electron chi connectivity index (χ1n) is 4.81. The average molecular weight is 183 g/mol. The lowest BCUT2D eigenvalue weighted by molar-refractivity contribution is 0.351. The third kappa shape index (κ3) is 2.81. The van der Waals surface area contributed by atoms with E-state index in [9.17, 15) is 0 Å². The molecule has 1 heterocycles. The molecule has 0 aromatic carbocycles. The molecule has 0 radical (unpaired) electrons. The van der Waals surface area contributed by atoms with Crippen LogP contribution in [0.1, 0.15) is 44.8 Å². The molecule has 4 nitrogen and oxygen atoms in total. The highest BCUT2D eigenvalue weighted by Gasteiger charge is 2.11. The molecule has 0 bridgehead atoms. The Morgan fingerprint density at radius 3 is 2.85 bits per heavy atom. The van der Waals surface area contributed by atoms with Gasteiger partial charge in [-0.3, -0.25) is 0 Å². The first kappa shape index (κ1) is 10.2. The number of rotatable bonds is 5. The van der Waals surface area contributed by atoms with E-state index >= 15 is 0 Å². The topological polar surface area (TPSA) is 51.0 Å². The van der Waals surface area contributed by atoms with Gasteiger partial charge in [-0.25, -0.2) is 0 Å². The summed E-state index contributed by atoms with van der Waals surface area (Å²) in [6.45, 7) is 7.86. The van der Waals surface area contributed by atoms with Gasteiger partial charge >= 0.3 is 0 Å². The van der Waals surface area contributed by atoms with Crippen LogP contribution >= 0.6 is 0 Å². The molecule has 0 aliphatic heterocycles. The second kappa shape index (κ2) is 4.97. The molecule has 13 heavy (non-hydrogen) atoms. The van der Waals surface area contributed by atoms with Crippen LogP contribution in [0.3, 0.4) is 0 Å². The van der Waals surface area contributed by atoms with Crippen molar-refractivity contribution in [2.24, 2.45) is 0 Å². The van der Waals surface area contributed by atoms with Crippen LogP contribution in [0.25, 0.3) is 0 Å². The molecule has 0 fully saturated rings. The number of hydrogen-bond donors (Lipinski definition) is 1. The highest BCUT2D eigenvalue weighted by atomic mass is 16.5. The molecule has 0 aliphatic carbocycles. The summed E-state index contributed by atoms with van der Waals surface area (Å²) in [4.78, 5) is 4.28. The Morgan fingerprint density at radius 2 is 2.23 bits per heavy atom. The van der Waals surface area contributed by atoms with Crippen LogP contribution < -0.4 is 5.32 Å². The third-order valence-corrected chi connectivity index (χ3v) is 2.05. The minimum atomic E-state index is 0.364. The Balaban J connectivity index is 2.53. The quantitative estimate of drug-likeness (QED) is 0.754. The van der Waals surface area contributed by atoms with Crippen LogP contribution in [-0.4, -0.2) is 16.7 Å². The molecule has 0 spiro atoms. The Morgan fingerprint density at radius 1 is 1.46 bits per heavy atom. The molecule has 0 saturated carbocycles.